The van der Waals surface area contributed by atoms with E-state index in [-0.39, 0.29) is 5.91 Å². The lowest BCUT2D eigenvalue weighted by Crippen LogP contribution is -2.33. The summed E-state index contributed by atoms with van der Waals surface area (Å²) in [5.41, 5.74) is 2.63. The van der Waals surface area contributed by atoms with E-state index < -0.39 is 0 Å². The number of benzene rings is 2. The minimum absolute atomic E-state index is 0.0277. The Hall–Kier alpha value is -2.64. The highest BCUT2D eigenvalue weighted by atomic mass is 32.1. The Morgan fingerprint density at radius 2 is 1.76 bits per heavy atom. The summed E-state index contributed by atoms with van der Waals surface area (Å²) in [5, 5.41) is 0.701. The van der Waals surface area contributed by atoms with Crippen molar-refractivity contribution in [3.8, 4) is 11.5 Å². The summed E-state index contributed by atoms with van der Waals surface area (Å²) in [5.74, 6) is 1.42. The van der Waals surface area contributed by atoms with Crippen LogP contribution in [0.5, 0.6) is 11.5 Å². The van der Waals surface area contributed by atoms with E-state index in [0.717, 1.165) is 34.5 Å². The number of aromatic nitrogens is 1. The van der Waals surface area contributed by atoms with E-state index >= 15 is 0 Å². The Balaban J connectivity index is 1.67. The second kappa shape index (κ2) is 8.39. The molecule has 152 valence electrons. The number of fused-ring (bicyclic) bond motifs is 2. The molecule has 1 amide bonds. The van der Waals surface area contributed by atoms with E-state index in [2.05, 4.69) is 4.90 Å². The zero-order valence-corrected chi connectivity index (χ0v) is 17.8. The number of anilines is 1. The summed E-state index contributed by atoms with van der Waals surface area (Å²) in [6.45, 7) is 4.61. The molecule has 4 rings (SSSR count). The summed E-state index contributed by atoms with van der Waals surface area (Å²) in [6, 6.07) is 11.5. The number of carbonyl (C=O) groups is 1. The Labute approximate surface area is 174 Å². The van der Waals surface area contributed by atoms with Crippen LogP contribution >= 0.6 is 11.3 Å². The van der Waals surface area contributed by atoms with Gasteiger partial charge in [-0.15, -0.1) is 0 Å². The van der Waals surface area contributed by atoms with Gasteiger partial charge in [0.2, 0.25) is 0 Å². The molecule has 6 nitrogen and oxygen atoms in total. The van der Waals surface area contributed by atoms with Crippen LogP contribution in [0.3, 0.4) is 0 Å². The van der Waals surface area contributed by atoms with Gasteiger partial charge in [0.1, 0.15) is 13.2 Å². The average molecular weight is 412 g/mol. The predicted molar refractivity (Wildman–Crippen MR) is 117 cm³/mol. The van der Waals surface area contributed by atoms with Crippen LogP contribution in [-0.4, -0.2) is 56.2 Å². The number of aryl methyl sites for hydroxylation is 1. The van der Waals surface area contributed by atoms with Crippen LogP contribution in [0.25, 0.3) is 10.2 Å². The predicted octanol–water partition coefficient (Wildman–Crippen LogP) is 3.97. The number of thiazole rings is 1. The molecule has 0 bridgehead atoms. The van der Waals surface area contributed by atoms with E-state index in [9.17, 15) is 4.79 Å². The summed E-state index contributed by atoms with van der Waals surface area (Å²) in [6.07, 6.45) is 0.864. The van der Waals surface area contributed by atoms with Gasteiger partial charge >= 0.3 is 0 Å². The molecular weight excluding hydrogens is 386 g/mol. The maximum atomic E-state index is 13.3. The minimum Gasteiger partial charge on any atom is -0.486 e. The van der Waals surface area contributed by atoms with Gasteiger partial charge in [-0.25, -0.2) is 4.98 Å². The first kappa shape index (κ1) is 19.7. The van der Waals surface area contributed by atoms with Crippen molar-refractivity contribution in [1.29, 1.82) is 0 Å². The van der Waals surface area contributed by atoms with Crippen molar-refractivity contribution in [1.82, 2.24) is 9.88 Å². The van der Waals surface area contributed by atoms with Gasteiger partial charge in [0.05, 0.1) is 10.2 Å². The largest absolute Gasteiger partial charge is 0.486 e. The number of carbonyl (C=O) groups excluding carboxylic acids is 1. The third-order valence-electron chi connectivity index (χ3n) is 4.80. The molecular formula is C22H25N3O3S. The average Bonchev–Trinajstić information content (AvgIpc) is 3.11. The zero-order valence-electron chi connectivity index (χ0n) is 17.0. The number of nitrogens with zero attached hydrogens (tertiary/aromatic N) is 3. The molecule has 0 radical (unpaired) electrons. The van der Waals surface area contributed by atoms with Crippen molar-refractivity contribution in [2.24, 2.45) is 0 Å². The van der Waals surface area contributed by atoms with Crippen molar-refractivity contribution >= 4 is 32.6 Å². The van der Waals surface area contributed by atoms with E-state index in [0.29, 0.717) is 36.2 Å². The van der Waals surface area contributed by atoms with Gasteiger partial charge in [-0.05, 0) is 46.1 Å². The fourth-order valence-electron chi connectivity index (χ4n) is 3.25. The molecule has 0 N–H and O–H groups in total. The first-order valence-electron chi connectivity index (χ1n) is 9.75. The van der Waals surface area contributed by atoms with E-state index in [1.54, 1.807) is 4.90 Å². The minimum atomic E-state index is -0.0277. The topological polar surface area (TPSA) is 54.9 Å². The Kier molecular flexibility index (Phi) is 5.69. The van der Waals surface area contributed by atoms with Crippen LogP contribution in [0.4, 0.5) is 5.13 Å². The molecule has 1 aliphatic rings. The van der Waals surface area contributed by atoms with E-state index in [4.69, 9.17) is 14.5 Å². The molecule has 7 heteroatoms. The van der Waals surface area contributed by atoms with Gasteiger partial charge in [-0.2, -0.15) is 0 Å². The SMILES string of the molecule is Cc1ccc(C(=O)N(CCCN(C)C)c2nc3cc4c(cc3s2)OCCO4)cc1. The number of ether oxygens (including phenoxy) is 2. The van der Waals surface area contributed by atoms with Gasteiger partial charge in [0.15, 0.2) is 16.6 Å². The molecule has 0 saturated heterocycles. The quantitative estimate of drug-likeness (QED) is 0.614. The van der Waals surface area contributed by atoms with Crippen LogP contribution in [0.2, 0.25) is 0 Å². The van der Waals surface area contributed by atoms with Crippen molar-refractivity contribution in [2.45, 2.75) is 13.3 Å². The fraction of sp³-hybridized carbons (Fsp3) is 0.364. The van der Waals surface area contributed by atoms with Crippen molar-refractivity contribution in [2.75, 3.05) is 45.3 Å². The molecule has 0 aliphatic carbocycles. The molecule has 2 heterocycles. The van der Waals surface area contributed by atoms with E-state index in [1.165, 1.54) is 11.3 Å². The van der Waals surface area contributed by atoms with Gasteiger partial charge in [0.25, 0.3) is 5.91 Å². The molecule has 3 aromatic rings. The lowest BCUT2D eigenvalue weighted by atomic mass is 10.1. The summed E-state index contributed by atoms with van der Waals surface area (Å²) in [7, 11) is 4.07. The molecule has 2 aromatic carbocycles. The summed E-state index contributed by atoms with van der Waals surface area (Å²) < 4.78 is 12.3. The van der Waals surface area contributed by atoms with Gasteiger partial charge in [0, 0.05) is 24.2 Å². The van der Waals surface area contributed by atoms with Crippen molar-refractivity contribution < 1.29 is 14.3 Å². The van der Waals surface area contributed by atoms with Gasteiger partial charge < -0.3 is 14.4 Å². The molecule has 1 aromatic heterocycles. The normalized spacial score (nSPS) is 13.1. The third kappa shape index (κ3) is 4.36. The van der Waals surface area contributed by atoms with Crippen LogP contribution in [0, 0.1) is 6.92 Å². The number of hydrogen-bond acceptors (Lipinski definition) is 6. The molecule has 0 atom stereocenters. The Morgan fingerprint density at radius 3 is 2.45 bits per heavy atom. The smallest absolute Gasteiger partial charge is 0.260 e. The molecule has 0 spiro atoms. The number of rotatable bonds is 6. The van der Waals surface area contributed by atoms with Crippen molar-refractivity contribution in [3.05, 3.63) is 47.5 Å². The molecule has 1 aliphatic heterocycles. The zero-order chi connectivity index (χ0) is 20.4. The van der Waals surface area contributed by atoms with Crippen LogP contribution in [-0.2, 0) is 0 Å². The maximum absolute atomic E-state index is 13.3. The van der Waals surface area contributed by atoms with Crippen LogP contribution in [0.15, 0.2) is 36.4 Å². The second-order valence-electron chi connectivity index (χ2n) is 7.44. The second-order valence-corrected chi connectivity index (χ2v) is 8.45. The Bertz CT molecular complexity index is 971. The summed E-state index contributed by atoms with van der Waals surface area (Å²) in [4.78, 5) is 22.0. The highest BCUT2D eigenvalue weighted by molar-refractivity contribution is 7.22. The highest BCUT2D eigenvalue weighted by Gasteiger charge is 2.22. The standard InChI is InChI=1S/C22H25N3O3S/c1-15-5-7-16(8-6-15)21(26)25(10-4-9-24(2)3)22-23-17-13-18-19(14-20(17)29-22)28-12-11-27-18/h5-8,13-14H,4,9-12H2,1-3H3. The van der Waals surface area contributed by atoms with Crippen LogP contribution in [0.1, 0.15) is 22.3 Å². The lowest BCUT2D eigenvalue weighted by Gasteiger charge is -2.21. The van der Waals surface area contributed by atoms with Crippen LogP contribution < -0.4 is 14.4 Å². The fourth-order valence-corrected chi connectivity index (χ4v) is 4.25. The first-order chi connectivity index (χ1) is 14.0. The molecule has 0 fully saturated rings. The Morgan fingerprint density at radius 1 is 1.07 bits per heavy atom. The van der Waals surface area contributed by atoms with E-state index in [1.807, 2.05) is 57.4 Å². The lowest BCUT2D eigenvalue weighted by molar-refractivity contribution is 0.0986. The summed E-state index contributed by atoms with van der Waals surface area (Å²) >= 11 is 1.51. The monoisotopic (exact) mass is 411 g/mol. The highest BCUT2D eigenvalue weighted by Crippen LogP contribution is 2.39. The number of hydrogen-bond donors (Lipinski definition) is 0. The maximum Gasteiger partial charge on any atom is 0.260 e. The molecule has 0 unspecified atom stereocenters. The molecule has 0 saturated carbocycles. The van der Waals surface area contributed by atoms with Crippen molar-refractivity contribution in [3.63, 3.8) is 0 Å². The number of amides is 1. The molecule has 29 heavy (non-hydrogen) atoms. The van der Waals surface area contributed by atoms with Gasteiger partial charge in [-0.3, -0.25) is 9.69 Å². The third-order valence-corrected chi connectivity index (χ3v) is 5.84. The first-order valence-corrected chi connectivity index (χ1v) is 10.6. The van der Waals surface area contributed by atoms with Gasteiger partial charge in [-0.1, -0.05) is 29.0 Å².